The molecule has 1 aromatic carbocycles. The monoisotopic (exact) mass is 425 g/mol. The van der Waals surface area contributed by atoms with Crippen molar-refractivity contribution in [2.24, 2.45) is 5.92 Å². The number of aromatic nitrogens is 1. The van der Waals surface area contributed by atoms with E-state index in [0.29, 0.717) is 5.92 Å². The Hall–Kier alpha value is -2.37. The largest absolute Gasteiger partial charge is 0.459 e. The summed E-state index contributed by atoms with van der Waals surface area (Å²) in [6.07, 6.45) is 1.81. The molecule has 150 valence electrons. The summed E-state index contributed by atoms with van der Waals surface area (Å²) in [5.74, 6) is 2.13. The van der Waals surface area contributed by atoms with Crippen LogP contribution < -0.4 is 5.32 Å². The molecule has 1 aliphatic heterocycles. The minimum absolute atomic E-state index is 0.0620. The molecule has 1 N–H and O–H groups in total. The van der Waals surface area contributed by atoms with E-state index in [0.717, 1.165) is 45.0 Å². The van der Waals surface area contributed by atoms with Gasteiger partial charge >= 0.3 is 0 Å². The zero-order chi connectivity index (χ0) is 20.5. The Morgan fingerprint density at radius 3 is 2.72 bits per heavy atom. The van der Waals surface area contributed by atoms with Crippen LogP contribution in [-0.4, -0.2) is 21.5 Å². The number of halogens is 1. The molecule has 0 bridgehead atoms. The molecule has 1 aliphatic rings. The van der Waals surface area contributed by atoms with Crippen LogP contribution in [0.5, 0.6) is 0 Å². The summed E-state index contributed by atoms with van der Waals surface area (Å²) in [5, 5.41) is 4.92. The fourth-order valence-corrected chi connectivity index (χ4v) is 4.33. The molecule has 4 rings (SSSR count). The van der Waals surface area contributed by atoms with Crippen LogP contribution in [0, 0.1) is 12.8 Å². The quantitative estimate of drug-likeness (QED) is 0.513. The highest BCUT2D eigenvalue weighted by atomic mass is 35.5. The van der Waals surface area contributed by atoms with Crippen molar-refractivity contribution >= 4 is 28.9 Å². The minimum Gasteiger partial charge on any atom is -0.459 e. The van der Waals surface area contributed by atoms with Crippen molar-refractivity contribution in [1.29, 1.82) is 0 Å². The summed E-state index contributed by atoms with van der Waals surface area (Å²) in [4.78, 5) is 6.78. The number of rotatable bonds is 5. The molecule has 6 heteroatoms. The van der Waals surface area contributed by atoms with Gasteiger partial charge < -0.3 is 14.6 Å². The lowest BCUT2D eigenvalue weighted by Gasteiger charge is -2.27. The smallest absolute Gasteiger partial charge is 0.170 e. The van der Waals surface area contributed by atoms with Crippen LogP contribution in [-0.2, 0) is 0 Å². The number of pyridine rings is 1. The first-order valence-corrected chi connectivity index (χ1v) is 10.6. The van der Waals surface area contributed by atoms with Gasteiger partial charge in [-0.05, 0) is 61.0 Å². The lowest BCUT2D eigenvalue weighted by molar-refractivity contribution is 0.253. The van der Waals surface area contributed by atoms with E-state index in [-0.39, 0.29) is 12.1 Å². The van der Waals surface area contributed by atoms with Crippen molar-refractivity contribution in [1.82, 2.24) is 15.2 Å². The molecular formula is C23H24ClN3OS. The molecule has 0 radical (unpaired) electrons. The molecule has 2 atom stereocenters. The average molecular weight is 426 g/mol. The zero-order valence-corrected chi connectivity index (χ0v) is 18.3. The minimum atomic E-state index is -0.0677. The van der Waals surface area contributed by atoms with Crippen LogP contribution in [0.15, 0.2) is 59.1 Å². The second kappa shape index (κ2) is 8.17. The van der Waals surface area contributed by atoms with Gasteiger partial charge in [0.25, 0.3) is 0 Å². The van der Waals surface area contributed by atoms with E-state index in [9.17, 15) is 0 Å². The van der Waals surface area contributed by atoms with Gasteiger partial charge in [-0.15, -0.1) is 0 Å². The Morgan fingerprint density at radius 1 is 1.17 bits per heavy atom. The maximum atomic E-state index is 6.37. The highest BCUT2D eigenvalue weighted by Crippen LogP contribution is 2.41. The van der Waals surface area contributed by atoms with E-state index in [2.05, 4.69) is 29.0 Å². The standard InChI is InChI=1S/C23H24ClN3OS/c1-14(2)13-27-22(21(26-23(27)29)18-9-4-5-12-25-18)20-11-10-19(28-20)16-7-6-8-17(24)15(16)3/h4-12,14,21-22H,13H2,1-3H3,(H,26,29)/t21-,22+/m0/s1. The first kappa shape index (κ1) is 19.9. The van der Waals surface area contributed by atoms with Crippen LogP contribution in [0.25, 0.3) is 11.3 Å². The summed E-state index contributed by atoms with van der Waals surface area (Å²) in [5.41, 5.74) is 2.96. The first-order valence-electron chi connectivity index (χ1n) is 9.79. The molecule has 29 heavy (non-hydrogen) atoms. The molecule has 1 saturated heterocycles. The van der Waals surface area contributed by atoms with Crippen LogP contribution in [0.2, 0.25) is 5.02 Å². The first-order chi connectivity index (χ1) is 14.0. The number of nitrogens with one attached hydrogen (secondary N) is 1. The average Bonchev–Trinajstić information content (AvgIpc) is 3.29. The van der Waals surface area contributed by atoms with Gasteiger partial charge in [-0.25, -0.2) is 0 Å². The van der Waals surface area contributed by atoms with E-state index >= 15 is 0 Å². The van der Waals surface area contributed by atoms with Gasteiger partial charge in [0.05, 0.1) is 11.7 Å². The van der Waals surface area contributed by atoms with Gasteiger partial charge in [0.2, 0.25) is 0 Å². The highest BCUT2D eigenvalue weighted by molar-refractivity contribution is 7.80. The van der Waals surface area contributed by atoms with Gasteiger partial charge in [-0.3, -0.25) is 4.98 Å². The summed E-state index contributed by atoms with van der Waals surface area (Å²) < 4.78 is 6.37. The Bertz CT molecular complexity index is 1020. The number of furan rings is 1. The van der Waals surface area contributed by atoms with E-state index in [1.165, 1.54) is 0 Å². The molecule has 3 heterocycles. The SMILES string of the molecule is Cc1c(Cl)cccc1-c1ccc([C@@H]2[C@H](c3ccccn3)NC(=S)N2CC(C)C)o1. The Labute approximate surface area is 181 Å². The van der Waals surface area contributed by atoms with E-state index in [4.69, 9.17) is 28.2 Å². The molecule has 1 fully saturated rings. The molecule has 4 nitrogen and oxygen atoms in total. The van der Waals surface area contributed by atoms with Crippen LogP contribution in [0.4, 0.5) is 0 Å². The number of hydrogen-bond donors (Lipinski definition) is 1. The van der Waals surface area contributed by atoms with Crippen LogP contribution >= 0.6 is 23.8 Å². The highest BCUT2D eigenvalue weighted by Gasteiger charge is 2.41. The lowest BCUT2D eigenvalue weighted by atomic mass is 10.0. The summed E-state index contributed by atoms with van der Waals surface area (Å²) in [7, 11) is 0. The third-order valence-electron chi connectivity index (χ3n) is 5.21. The number of thiocarbonyl (C=S) groups is 1. The molecular weight excluding hydrogens is 402 g/mol. The van der Waals surface area contributed by atoms with Gasteiger partial charge in [0.1, 0.15) is 17.6 Å². The summed E-state index contributed by atoms with van der Waals surface area (Å²) in [6.45, 7) is 7.23. The maximum Gasteiger partial charge on any atom is 0.170 e. The summed E-state index contributed by atoms with van der Waals surface area (Å²) in [6, 6.07) is 15.7. The molecule has 3 aromatic rings. The zero-order valence-electron chi connectivity index (χ0n) is 16.7. The normalized spacial score (nSPS) is 19.1. The van der Waals surface area contributed by atoms with Gasteiger partial charge in [0, 0.05) is 23.3 Å². The molecule has 0 unspecified atom stereocenters. The lowest BCUT2D eigenvalue weighted by Crippen LogP contribution is -2.32. The van der Waals surface area contributed by atoms with Gasteiger partial charge in [0.15, 0.2) is 5.11 Å². The fourth-order valence-electron chi connectivity index (χ4n) is 3.84. The maximum absolute atomic E-state index is 6.37. The van der Waals surface area contributed by atoms with Crippen molar-refractivity contribution in [3.05, 3.63) is 76.8 Å². The molecule has 0 aliphatic carbocycles. The predicted molar refractivity (Wildman–Crippen MR) is 121 cm³/mol. The fraction of sp³-hybridized carbons (Fsp3) is 0.304. The number of nitrogens with zero attached hydrogens (tertiary/aromatic N) is 2. The molecule has 0 spiro atoms. The van der Waals surface area contributed by atoms with Crippen molar-refractivity contribution in [2.75, 3.05) is 6.54 Å². The van der Waals surface area contributed by atoms with Crippen molar-refractivity contribution < 1.29 is 4.42 Å². The molecule has 0 amide bonds. The second-order valence-corrected chi connectivity index (χ2v) is 8.58. The topological polar surface area (TPSA) is 41.3 Å². The number of hydrogen-bond acceptors (Lipinski definition) is 3. The van der Waals surface area contributed by atoms with Crippen LogP contribution in [0.3, 0.4) is 0 Å². The Balaban J connectivity index is 1.75. The number of benzene rings is 1. The van der Waals surface area contributed by atoms with Crippen LogP contribution in [0.1, 0.15) is 42.9 Å². The molecule has 0 saturated carbocycles. The predicted octanol–water partition coefficient (Wildman–Crippen LogP) is 5.93. The van der Waals surface area contributed by atoms with Crippen molar-refractivity contribution in [3.8, 4) is 11.3 Å². The Kier molecular flexibility index (Phi) is 5.61. The third-order valence-corrected chi connectivity index (χ3v) is 5.97. The van der Waals surface area contributed by atoms with Crippen molar-refractivity contribution in [3.63, 3.8) is 0 Å². The van der Waals surface area contributed by atoms with Gasteiger partial charge in [-0.2, -0.15) is 0 Å². The third kappa shape index (κ3) is 3.89. The van der Waals surface area contributed by atoms with E-state index in [1.807, 2.05) is 61.7 Å². The Morgan fingerprint density at radius 2 is 2.00 bits per heavy atom. The summed E-state index contributed by atoms with van der Waals surface area (Å²) >= 11 is 12.0. The van der Waals surface area contributed by atoms with Crippen molar-refractivity contribution in [2.45, 2.75) is 32.9 Å². The van der Waals surface area contributed by atoms with E-state index in [1.54, 1.807) is 0 Å². The molecule has 2 aromatic heterocycles. The van der Waals surface area contributed by atoms with Gasteiger partial charge in [-0.1, -0.05) is 43.6 Å². The second-order valence-electron chi connectivity index (χ2n) is 7.79. The van der Waals surface area contributed by atoms with E-state index < -0.39 is 0 Å².